The molecule has 0 saturated heterocycles. The molecule has 9 heteroatoms. The molecular formula is C18H22N6O3. The first-order valence-electron chi connectivity index (χ1n) is 9.16. The monoisotopic (exact) mass is 370 g/mol. The maximum absolute atomic E-state index is 12.5. The summed E-state index contributed by atoms with van der Waals surface area (Å²) in [6.07, 6.45) is 8.46. The maximum atomic E-state index is 12.5. The van der Waals surface area contributed by atoms with E-state index in [9.17, 15) is 9.59 Å². The first-order valence-corrected chi connectivity index (χ1v) is 9.16. The molecule has 0 bridgehead atoms. The molecule has 2 heterocycles. The number of rotatable bonds is 8. The smallest absolute Gasteiger partial charge is 0.317 e. The van der Waals surface area contributed by atoms with E-state index in [0.29, 0.717) is 17.3 Å². The van der Waals surface area contributed by atoms with Gasteiger partial charge in [0.15, 0.2) is 5.82 Å². The summed E-state index contributed by atoms with van der Waals surface area (Å²) in [5.41, 5.74) is 0.513. The van der Waals surface area contributed by atoms with Crippen LogP contribution in [0.2, 0.25) is 0 Å². The summed E-state index contributed by atoms with van der Waals surface area (Å²) in [5.74, 6) is 0.225. The lowest BCUT2D eigenvalue weighted by Gasteiger charge is -2.42. The average molecular weight is 370 g/mol. The van der Waals surface area contributed by atoms with Crippen LogP contribution in [0.25, 0.3) is 5.82 Å². The lowest BCUT2D eigenvalue weighted by atomic mass is 9.85. The minimum atomic E-state index is -0.791. The van der Waals surface area contributed by atoms with Gasteiger partial charge in [-0.1, -0.05) is 0 Å². The third kappa shape index (κ3) is 4.30. The lowest BCUT2D eigenvalue weighted by Crippen LogP contribution is -2.55. The van der Waals surface area contributed by atoms with E-state index in [1.807, 2.05) is 0 Å². The van der Waals surface area contributed by atoms with Crippen molar-refractivity contribution < 1.29 is 14.7 Å². The molecule has 0 aromatic carbocycles. The van der Waals surface area contributed by atoms with Crippen LogP contribution in [0.1, 0.15) is 36.0 Å². The molecule has 2 aliphatic carbocycles. The van der Waals surface area contributed by atoms with Gasteiger partial charge in [-0.2, -0.15) is 5.10 Å². The third-order valence-corrected chi connectivity index (χ3v) is 5.15. The summed E-state index contributed by atoms with van der Waals surface area (Å²) in [7, 11) is 0. The van der Waals surface area contributed by atoms with Gasteiger partial charge in [0.2, 0.25) is 0 Å². The van der Waals surface area contributed by atoms with Crippen LogP contribution in [-0.2, 0) is 4.79 Å². The zero-order valence-electron chi connectivity index (χ0n) is 14.9. The Kier molecular flexibility index (Phi) is 4.85. The predicted molar refractivity (Wildman–Crippen MR) is 95.4 cm³/mol. The molecule has 4 rings (SSSR count). The SMILES string of the molecule is O=C(O)CN(CC1CC1)C1CC(NC(=O)c2ccnc(-n3cncn3)c2)C1. The van der Waals surface area contributed by atoms with Gasteiger partial charge in [-0.3, -0.25) is 14.5 Å². The van der Waals surface area contributed by atoms with Crippen molar-refractivity contribution in [2.24, 2.45) is 5.92 Å². The summed E-state index contributed by atoms with van der Waals surface area (Å²) < 4.78 is 1.50. The van der Waals surface area contributed by atoms with Crippen molar-refractivity contribution in [1.29, 1.82) is 0 Å². The highest BCUT2D eigenvalue weighted by molar-refractivity contribution is 5.94. The molecule has 2 saturated carbocycles. The standard InChI is InChI=1S/C18H22N6O3/c25-17(26)9-23(8-12-1-2-12)15-6-14(7-15)22-18(27)13-3-4-20-16(5-13)24-11-19-10-21-24/h3-5,10-12,14-15H,1-2,6-9H2,(H,22,27)(H,25,26). The summed E-state index contributed by atoms with van der Waals surface area (Å²) >= 11 is 0. The Morgan fingerprint density at radius 1 is 1.33 bits per heavy atom. The quantitative estimate of drug-likeness (QED) is 0.704. The molecular weight excluding hydrogens is 348 g/mol. The first kappa shape index (κ1) is 17.6. The van der Waals surface area contributed by atoms with Gasteiger partial charge in [0.25, 0.3) is 5.91 Å². The van der Waals surface area contributed by atoms with Crippen LogP contribution in [0.15, 0.2) is 31.0 Å². The highest BCUT2D eigenvalue weighted by atomic mass is 16.4. The van der Waals surface area contributed by atoms with Crippen LogP contribution < -0.4 is 5.32 Å². The molecule has 2 aromatic rings. The Labute approximate surface area is 156 Å². The molecule has 0 atom stereocenters. The van der Waals surface area contributed by atoms with Gasteiger partial charge in [-0.15, -0.1) is 0 Å². The fraction of sp³-hybridized carbons (Fsp3) is 0.500. The van der Waals surface area contributed by atoms with Gasteiger partial charge in [-0.25, -0.2) is 14.6 Å². The van der Waals surface area contributed by atoms with Crippen LogP contribution in [-0.4, -0.2) is 66.8 Å². The maximum Gasteiger partial charge on any atom is 0.317 e. The van der Waals surface area contributed by atoms with Gasteiger partial charge in [-0.05, 0) is 43.7 Å². The Morgan fingerprint density at radius 2 is 2.15 bits per heavy atom. The minimum absolute atomic E-state index is 0.0704. The number of aromatic nitrogens is 4. The number of hydrogen-bond acceptors (Lipinski definition) is 6. The molecule has 0 unspecified atom stereocenters. The Balaban J connectivity index is 1.32. The highest BCUT2D eigenvalue weighted by Gasteiger charge is 2.37. The second-order valence-corrected chi connectivity index (χ2v) is 7.30. The molecule has 0 aliphatic heterocycles. The number of carboxylic acid groups (broad SMARTS) is 1. The molecule has 142 valence electrons. The number of carbonyl (C=O) groups excluding carboxylic acids is 1. The average Bonchev–Trinajstić information content (AvgIpc) is 3.25. The zero-order valence-corrected chi connectivity index (χ0v) is 14.9. The Hall–Kier alpha value is -2.81. The number of carboxylic acids is 1. The van der Waals surface area contributed by atoms with E-state index >= 15 is 0 Å². The topological polar surface area (TPSA) is 113 Å². The normalized spacial score (nSPS) is 21.7. The number of aliphatic carboxylic acids is 1. The predicted octanol–water partition coefficient (Wildman–Crippen LogP) is 0.720. The summed E-state index contributed by atoms with van der Waals surface area (Å²) in [5, 5.41) is 16.2. The number of carbonyl (C=O) groups is 2. The first-order chi connectivity index (χ1) is 13.1. The lowest BCUT2D eigenvalue weighted by molar-refractivity contribution is -0.139. The number of pyridine rings is 1. The van der Waals surface area contributed by atoms with Gasteiger partial charge in [0.1, 0.15) is 12.7 Å². The van der Waals surface area contributed by atoms with Crippen molar-refractivity contribution in [3.8, 4) is 5.82 Å². The molecule has 2 N–H and O–H groups in total. The fourth-order valence-corrected chi connectivity index (χ4v) is 3.43. The van der Waals surface area contributed by atoms with E-state index in [1.165, 1.54) is 30.2 Å². The summed E-state index contributed by atoms with van der Waals surface area (Å²) in [4.78, 5) is 33.7. The molecule has 27 heavy (non-hydrogen) atoms. The molecule has 2 aliphatic rings. The number of hydrogen-bond donors (Lipinski definition) is 2. The van der Waals surface area contributed by atoms with Crippen molar-refractivity contribution in [3.05, 3.63) is 36.5 Å². The van der Waals surface area contributed by atoms with E-state index in [4.69, 9.17) is 5.11 Å². The van der Waals surface area contributed by atoms with Crippen LogP contribution in [0.4, 0.5) is 0 Å². The van der Waals surface area contributed by atoms with E-state index in [-0.39, 0.29) is 24.5 Å². The van der Waals surface area contributed by atoms with E-state index in [0.717, 1.165) is 19.4 Å². The number of nitrogens with one attached hydrogen (secondary N) is 1. The van der Waals surface area contributed by atoms with Crippen LogP contribution in [0.5, 0.6) is 0 Å². The van der Waals surface area contributed by atoms with Crippen molar-refractivity contribution >= 4 is 11.9 Å². The Morgan fingerprint density at radius 3 is 2.81 bits per heavy atom. The van der Waals surface area contributed by atoms with Gasteiger partial charge in [0.05, 0.1) is 6.54 Å². The van der Waals surface area contributed by atoms with Crippen molar-refractivity contribution in [3.63, 3.8) is 0 Å². The number of nitrogens with zero attached hydrogens (tertiary/aromatic N) is 5. The second kappa shape index (κ2) is 7.43. The fourth-order valence-electron chi connectivity index (χ4n) is 3.43. The highest BCUT2D eigenvalue weighted by Crippen LogP contribution is 2.33. The zero-order chi connectivity index (χ0) is 18.8. The van der Waals surface area contributed by atoms with Gasteiger partial charge < -0.3 is 10.4 Å². The molecule has 9 nitrogen and oxygen atoms in total. The van der Waals surface area contributed by atoms with Crippen LogP contribution in [0.3, 0.4) is 0 Å². The summed E-state index contributed by atoms with van der Waals surface area (Å²) in [6, 6.07) is 3.64. The van der Waals surface area contributed by atoms with Gasteiger partial charge in [0, 0.05) is 30.4 Å². The van der Waals surface area contributed by atoms with E-state index in [1.54, 1.807) is 18.3 Å². The summed E-state index contributed by atoms with van der Waals surface area (Å²) in [6.45, 7) is 0.927. The Bertz CT molecular complexity index is 814. The minimum Gasteiger partial charge on any atom is -0.480 e. The van der Waals surface area contributed by atoms with Crippen LogP contribution in [0, 0.1) is 5.92 Å². The third-order valence-electron chi connectivity index (χ3n) is 5.15. The van der Waals surface area contributed by atoms with Crippen molar-refractivity contribution in [1.82, 2.24) is 30.0 Å². The van der Waals surface area contributed by atoms with Crippen molar-refractivity contribution in [2.45, 2.75) is 37.8 Å². The van der Waals surface area contributed by atoms with Gasteiger partial charge >= 0.3 is 5.97 Å². The van der Waals surface area contributed by atoms with Crippen molar-refractivity contribution in [2.75, 3.05) is 13.1 Å². The molecule has 0 radical (unpaired) electrons. The number of amides is 1. The second-order valence-electron chi connectivity index (χ2n) is 7.30. The molecule has 1 amide bonds. The molecule has 0 spiro atoms. The van der Waals surface area contributed by atoms with E-state index < -0.39 is 5.97 Å². The molecule has 2 aromatic heterocycles. The van der Waals surface area contributed by atoms with Crippen LogP contribution >= 0.6 is 0 Å². The van der Waals surface area contributed by atoms with E-state index in [2.05, 4.69) is 25.3 Å². The largest absolute Gasteiger partial charge is 0.480 e. The molecule has 2 fully saturated rings.